The van der Waals surface area contributed by atoms with Gasteiger partial charge in [0.2, 0.25) is 0 Å². The molecule has 0 bridgehead atoms. The number of hydrogen-bond donors (Lipinski definition) is 1. The van der Waals surface area contributed by atoms with Crippen LogP contribution < -0.4 is 5.32 Å². The standard InChI is InChI=1S/C13H19N5/c1-2-17-8-3-4-11(10-17)15-12-6-9-18-13(16-12)5-7-14-18/h5-7,9,11H,2-4,8,10H2,1H3,(H,15,16). The van der Waals surface area contributed by atoms with Crippen molar-refractivity contribution in [3.8, 4) is 0 Å². The Balaban J connectivity index is 1.71. The molecule has 2 aromatic heterocycles. The molecular weight excluding hydrogens is 226 g/mol. The molecule has 3 rings (SSSR count). The quantitative estimate of drug-likeness (QED) is 0.892. The van der Waals surface area contributed by atoms with Crippen molar-refractivity contribution >= 4 is 11.5 Å². The molecule has 1 saturated heterocycles. The van der Waals surface area contributed by atoms with Crippen molar-refractivity contribution < 1.29 is 0 Å². The lowest BCUT2D eigenvalue weighted by molar-refractivity contribution is 0.226. The zero-order chi connectivity index (χ0) is 12.4. The number of anilines is 1. The molecule has 0 spiro atoms. The molecule has 5 nitrogen and oxygen atoms in total. The van der Waals surface area contributed by atoms with E-state index in [1.54, 1.807) is 10.7 Å². The molecule has 3 heterocycles. The van der Waals surface area contributed by atoms with Crippen LogP contribution >= 0.6 is 0 Å². The molecule has 96 valence electrons. The van der Waals surface area contributed by atoms with E-state index in [0.29, 0.717) is 6.04 Å². The fraction of sp³-hybridized carbons (Fsp3) is 0.538. The molecular formula is C13H19N5. The molecule has 1 atom stereocenters. The van der Waals surface area contributed by atoms with Gasteiger partial charge in [-0.25, -0.2) is 9.50 Å². The maximum Gasteiger partial charge on any atom is 0.157 e. The lowest BCUT2D eigenvalue weighted by atomic mass is 10.1. The Bertz CT molecular complexity index is 521. The van der Waals surface area contributed by atoms with E-state index in [9.17, 15) is 0 Å². The first-order valence-electron chi connectivity index (χ1n) is 6.64. The van der Waals surface area contributed by atoms with Crippen molar-refractivity contribution in [3.05, 3.63) is 24.5 Å². The van der Waals surface area contributed by atoms with Gasteiger partial charge in [0.25, 0.3) is 0 Å². The third kappa shape index (κ3) is 2.31. The average molecular weight is 245 g/mol. The molecule has 1 aliphatic heterocycles. The predicted octanol–water partition coefficient (Wildman–Crippen LogP) is 1.63. The number of aromatic nitrogens is 3. The summed E-state index contributed by atoms with van der Waals surface area (Å²) < 4.78 is 1.78. The highest BCUT2D eigenvalue weighted by molar-refractivity contribution is 5.45. The molecule has 1 fully saturated rings. The van der Waals surface area contributed by atoms with Gasteiger partial charge in [-0.2, -0.15) is 5.10 Å². The van der Waals surface area contributed by atoms with Gasteiger partial charge in [-0.3, -0.25) is 0 Å². The van der Waals surface area contributed by atoms with E-state index in [2.05, 4.69) is 27.2 Å². The Labute approximate surface area is 107 Å². The topological polar surface area (TPSA) is 45.5 Å². The average Bonchev–Trinajstić information content (AvgIpc) is 2.86. The van der Waals surface area contributed by atoms with Gasteiger partial charge in [-0.05, 0) is 32.0 Å². The molecule has 0 amide bonds. The van der Waals surface area contributed by atoms with Gasteiger partial charge in [0.15, 0.2) is 5.65 Å². The second-order valence-corrected chi connectivity index (χ2v) is 4.82. The van der Waals surface area contributed by atoms with Crippen molar-refractivity contribution in [2.45, 2.75) is 25.8 Å². The van der Waals surface area contributed by atoms with Gasteiger partial charge >= 0.3 is 0 Å². The Morgan fingerprint density at radius 3 is 3.28 bits per heavy atom. The molecule has 5 heteroatoms. The van der Waals surface area contributed by atoms with Crippen LogP contribution in [0.1, 0.15) is 19.8 Å². The third-order valence-corrected chi connectivity index (χ3v) is 3.56. The zero-order valence-corrected chi connectivity index (χ0v) is 10.7. The second-order valence-electron chi connectivity index (χ2n) is 4.82. The van der Waals surface area contributed by atoms with Crippen molar-refractivity contribution in [1.82, 2.24) is 19.5 Å². The van der Waals surface area contributed by atoms with Crippen LogP contribution in [0, 0.1) is 0 Å². The number of hydrogen-bond acceptors (Lipinski definition) is 4. The fourth-order valence-electron chi connectivity index (χ4n) is 2.56. The van der Waals surface area contributed by atoms with Crippen LogP contribution in [0.2, 0.25) is 0 Å². The molecule has 0 aromatic carbocycles. The molecule has 1 aliphatic rings. The Morgan fingerprint density at radius 1 is 1.44 bits per heavy atom. The summed E-state index contributed by atoms with van der Waals surface area (Å²) in [7, 11) is 0. The van der Waals surface area contributed by atoms with Gasteiger partial charge < -0.3 is 10.2 Å². The maximum absolute atomic E-state index is 4.55. The number of nitrogens with zero attached hydrogens (tertiary/aromatic N) is 4. The second kappa shape index (κ2) is 4.94. The normalized spacial score (nSPS) is 21.3. The van der Waals surface area contributed by atoms with Gasteiger partial charge in [-0.1, -0.05) is 6.92 Å². The summed E-state index contributed by atoms with van der Waals surface area (Å²) in [5.74, 6) is 0.950. The summed E-state index contributed by atoms with van der Waals surface area (Å²) in [5.41, 5.74) is 0.892. The summed E-state index contributed by atoms with van der Waals surface area (Å²) >= 11 is 0. The van der Waals surface area contributed by atoms with Crippen molar-refractivity contribution in [1.29, 1.82) is 0 Å². The van der Waals surface area contributed by atoms with Crippen molar-refractivity contribution in [2.75, 3.05) is 25.0 Å². The zero-order valence-electron chi connectivity index (χ0n) is 10.7. The monoisotopic (exact) mass is 245 g/mol. The Kier molecular flexibility index (Phi) is 3.15. The van der Waals surface area contributed by atoms with Crippen LogP contribution in [-0.4, -0.2) is 45.2 Å². The van der Waals surface area contributed by atoms with Crippen molar-refractivity contribution in [2.24, 2.45) is 0 Å². The highest BCUT2D eigenvalue weighted by Crippen LogP contribution is 2.15. The first kappa shape index (κ1) is 11.5. The summed E-state index contributed by atoms with van der Waals surface area (Å²) in [4.78, 5) is 7.04. The van der Waals surface area contributed by atoms with E-state index in [0.717, 1.165) is 24.6 Å². The predicted molar refractivity (Wildman–Crippen MR) is 71.7 cm³/mol. The SMILES string of the molecule is CCN1CCCC(Nc2ccn3nccc3n2)C1. The smallest absolute Gasteiger partial charge is 0.157 e. The minimum Gasteiger partial charge on any atom is -0.366 e. The first-order chi connectivity index (χ1) is 8.85. The summed E-state index contributed by atoms with van der Waals surface area (Å²) in [6.45, 7) is 5.69. The highest BCUT2D eigenvalue weighted by atomic mass is 15.2. The minimum absolute atomic E-state index is 0.511. The summed E-state index contributed by atoms with van der Waals surface area (Å²) in [5, 5.41) is 7.68. The van der Waals surface area contributed by atoms with Gasteiger partial charge in [0.05, 0.1) is 6.20 Å². The van der Waals surface area contributed by atoms with Gasteiger partial charge in [-0.15, -0.1) is 0 Å². The van der Waals surface area contributed by atoms with E-state index >= 15 is 0 Å². The Hall–Kier alpha value is -1.62. The number of nitrogens with one attached hydrogen (secondary N) is 1. The summed E-state index contributed by atoms with van der Waals surface area (Å²) in [6.07, 6.45) is 6.21. The molecule has 0 radical (unpaired) electrons. The van der Waals surface area contributed by atoms with Crippen LogP contribution in [-0.2, 0) is 0 Å². The number of likely N-dealkylation sites (tertiary alicyclic amines) is 1. The van der Waals surface area contributed by atoms with Crippen LogP contribution in [0.5, 0.6) is 0 Å². The number of rotatable bonds is 3. The third-order valence-electron chi connectivity index (χ3n) is 3.56. The summed E-state index contributed by atoms with van der Waals surface area (Å²) in [6, 6.07) is 4.42. The molecule has 1 N–H and O–H groups in total. The first-order valence-corrected chi connectivity index (χ1v) is 6.64. The van der Waals surface area contributed by atoms with E-state index in [4.69, 9.17) is 0 Å². The van der Waals surface area contributed by atoms with Gasteiger partial charge in [0.1, 0.15) is 5.82 Å². The highest BCUT2D eigenvalue weighted by Gasteiger charge is 2.18. The fourth-order valence-corrected chi connectivity index (χ4v) is 2.56. The van der Waals surface area contributed by atoms with E-state index in [1.807, 2.05) is 18.3 Å². The van der Waals surface area contributed by atoms with E-state index in [-0.39, 0.29) is 0 Å². The molecule has 0 aliphatic carbocycles. The molecule has 2 aromatic rings. The van der Waals surface area contributed by atoms with E-state index < -0.39 is 0 Å². The maximum atomic E-state index is 4.55. The number of likely N-dealkylation sites (N-methyl/N-ethyl adjacent to an activating group) is 1. The van der Waals surface area contributed by atoms with Gasteiger partial charge in [0, 0.05) is 24.8 Å². The van der Waals surface area contributed by atoms with Crippen LogP contribution in [0.3, 0.4) is 0 Å². The van der Waals surface area contributed by atoms with Crippen LogP contribution in [0.4, 0.5) is 5.82 Å². The van der Waals surface area contributed by atoms with E-state index in [1.165, 1.54) is 19.4 Å². The van der Waals surface area contributed by atoms with Crippen LogP contribution in [0.25, 0.3) is 5.65 Å². The molecule has 1 unspecified atom stereocenters. The number of piperidine rings is 1. The largest absolute Gasteiger partial charge is 0.366 e. The van der Waals surface area contributed by atoms with Crippen LogP contribution in [0.15, 0.2) is 24.5 Å². The minimum atomic E-state index is 0.511. The Morgan fingerprint density at radius 2 is 2.39 bits per heavy atom. The lowest BCUT2D eigenvalue weighted by Gasteiger charge is -2.32. The molecule has 18 heavy (non-hydrogen) atoms. The van der Waals surface area contributed by atoms with Crippen molar-refractivity contribution in [3.63, 3.8) is 0 Å². The lowest BCUT2D eigenvalue weighted by Crippen LogP contribution is -2.41. The molecule has 0 saturated carbocycles. The number of fused-ring (bicyclic) bond motifs is 1.